The normalized spacial score (nSPS) is 15.2. The Balaban J connectivity index is 1.73. The van der Waals surface area contributed by atoms with Crippen LogP contribution in [-0.4, -0.2) is 46.5 Å². The van der Waals surface area contributed by atoms with Crippen molar-refractivity contribution in [3.63, 3.8) is 0 Å². The van der Waals surface area contributed by atoms with Gasteiger partial charge in [-0.05, 0) is 18.4 Å². The van der Waals surface area contributed by atoms with Crippen molar-refractivity contribution in [3.05, 3.63) is 58.3 Å². The number of ether oxygens (including phenoxy) is 1. The van der Waals surface area contributed by atoms with Gasteiger partial charge in [0.2, 0.25) is 0 Å². The fraction of sp³-hybridized carbons (Fsp3) is 0.389. The number of benzene rings is 1. The lowest BCUT2D eigenvalue weighted by Crippen LogP contribution is -2.41. The number of H-pyrrole nitrogens is 1. The van der Waals surface area contributed by atoms with Gasteiger partial charge in [-0.2, -0.15) is 0 Å². The van der Waals surface area contributed by atoms with Crippen LogP contribution in [0, 0.1) is 5.92 Å². The van der Waals surface area contributed by atoms with Crippen molar-refractivity contribution >= 4 is 11.9 Å². The summed E-state index contributed by atoms with van der Waals surface area (Å²) in [6, 6.07) is 9.52. The number of methoxy groups -OCH3 is 1. The molecule has 0 unspecified atom stereocenters. The number of esters is 1. The molecule has 2 heterocycles. The van der Waals surface area contributed by atoms with Crippen molar-refractivity contribution in [2.45, 2.75) is 19.4 Å². The van der Waals surface area contributed by atoms with Crippen molar-refractivity contribution in [2.24, 2.45) is 5.92 Å². The number of amides is 1. The van der Waals surface area contributed by atoms with Crippen molar-refractivity contribution in [3.8, 4) is 0 Å². The molecule has 1 fully saturated rings. The molecule has 7 nitrogen and oxygen atoms in total. The van der Waals surface area contributed by atoms with Crippen LogP contribution in [0.2, 0.25) is 0 Å². The number of imidazole rings is 1. The molecule has 0 saturated carbocycles. The van der Waals surface area contributed by atoms with Crippen LogP contribution in [0.5, 0.6) is 0 Å². The molecule has 1 aromatic carbocycles. The van der Waals surface area contributed by atoms with Gasteiger partial charge >= 0.3 is 11.7 Å². The van der Waals surface area contributed by atoms with E-state index in [-0.39, 0.29) is 23.5 Å². The molecular weight excluding hydrogens is 322 g/mol. The SMILES string of the molecule is COC(=O)C1CCN(C(=O)c2c[nH]c(=O)n2Cc2ccccc2)CC1. The highest BCUT2D eigenvalue weighted by Crippen LogP contribution is 2.20. The number of hydrogen-bond donors (Lipinski definition) is 1. The maximum Gasteiger partial charge on any atom is 0.326 e. The first-order valence-corrected chi connectivity index (χ1v) is 8.29. The third-order valence-corrected chi connectivity index (χ3v) is 4.59. The Morgan fingerprint density at radius 2 is 1.88 bits per heavy atom. The second-order valence-corrected chi connectivity index (χ2v) is 6.14. The van der Waals surface area contributed by atoms with Gasteiger partial charge in [0.25, 0.3) is 5.91 Å². The van der Waals surface area contributed by atoms with E-state index in [1.807, 2.05) is 30.3 Å². The highest BCUT2D eigenvalue weighted by atomic mass is 16.5. The molecule has 0 spiro atoms. The summed E-state index contributed by atoms with van der Waals surface area (Å²) in [4.78, 5) is 40.8. The summed E-state index contributed by atoms with van der Waals surface area (Å²) >= 11 is 0. The maximum atomic E-state index is 12.8. The zero-order valence-corrected chi connectivity index (χ0v) is 14.1. The average Bonchev–Trinajstić information content (AvgIpc) is 3.02. The van der Waals surface area contributed by atoms with Crippen LogP contribution in [0.3, 0.4) is 0 Å². The molecule has 2 aromatic rings. The number of nitrogens with one attached hydrogen (secondary N) is 1. The van der Waals surface area contributed by atoms with Crippen LogP contribution < -0.4 is 5.69 Å². The van der Waals surface area contributed by atoms with Gasteiger partial charge in [-0.1, -0.05) is 30.3 Å². The Kier molecular flexibility index (Phi) is 5.02. The van der Waals surface area contributed by atoms with Crippen LogP contribution in [0.4, 0.5) is 0 Å². The van der Waals surface area contributed by atoms with Gasteiger partial charge in [0.15, 0.2) is 0 Å². The molecule has 1 aliphatic heterocycles. The first-order valence-electron chi connectivity index (χ1n) is 8.29. The van der Waals surface area contributed by atoms with E-state index in [4.69, 9.17) is 4.74 Å². The van der Waals surface area contributed by atoms with Crippen LogP contribution in [0.15, 0.2) is 41.3 Å². The molecular formula is C18H21N3O4. The monoisotopic (exact) mass is 343 g/mol. The Morgan fingerprint density at radius 1 is 1.20 bits per heavy atom. The van der Waals surface area contributed by atoms with E-state index in [2.05, 4.69) is 4.98 Å². The zero-order chi connectivity index (χ0) is 17.8. The Hall–Kier alpha value is -2.83. The van der Waals surface area contributed by atoms with Crippen molar-refractivity contribution < 1.29 is 14.3 Å². The fourth-order valence-corrected chi connectivity index (χ4v) is 3.14. The first kappa shape index (κ1) is 17.0. The van der Waals surface area contributed by atoms with Gasteiger partial charge in [0.05, 0.1) is 19.6 Å². The van der Waals surface area contributed by atoms with Crippen LogP contribution in [0.25, 0.3) is 0 Å². The van der Waals surface area contributed by atoms with Gasteiger partial charge < -0.3 is 14.6 Å². The number of carbonyl (C=O) groups excluding carboxylic acids is 2. The zero-order valence-electron chi connectivity index (χ0n) is 14.1. The molecule has 7 heteroatoms. The second kappa shape index (κ2) is 7.38. The number of hydrogen-bond acceptors (Lipinski definition) is 4. The lowest BCUT2D eigenvalue weighted by atomic mass is 9.97. The Labute approximate surface area is 145 Å². The van der Waals surface area contributed by atoms with Gasteiger partial charge in [-0.25, -0.2) is 4.79 Å². The molecule has 1 aromatic heterocycles. The number of nitrogens with zero attached hydrogens (tertiary/aromatic N) is 2. The summed E-state index contributed by atoms with van der Waals surface area (Å²) < 4.78 is 6.21. The van der Waals surface area contributed by atoms with Crippen molar-refractivity contribution in [1.82, 2.24) is 14.5 Å². The van der Waals surface area contributed by atoms with Crippen LogP contribution in [0.1, 0.15) is 28.9 Å². The average molecular weight is 343 g/mol. The number of piperidine rings is 1. The molecule has 1 aliphatic rings. The van der Waals surface area contributed by atoms with Gasteiger partial charge in [-0.3, -0.25) is 14.2 Å². The highest BCUT2D eigenvalue weighted by Gasteiger charge is 2.29. The summed E-state index contributed by atoms with van der Waals surface area (Å²) in [5.74, 6) is -0.584. The maximum absolute atomic E-state index is 12.8. The summed E-state index contributed by atoms with van der Waals surface area (Å²) in [5.41, 5.74) is 0.977. The molecule has 0 radical (unpaired) electrons. The molecule has 25 heavy (non-hydrogen) atoms. The van der Waals surface area contributed by atoms with Crippen molar-refractivity contribution in [2.75, 3.05) is 20.2 Å². The minimum absolute atomic E-state index is 0.160. The van der Waals surface area contributed by atoms with E-state index in [0.29, 0.717) is 38.2 Å². The third kappa shape index (κ3) is 3.65. The van der Waals surface area contributed by atoms with E-state index in [0.717, 1.165) is 5.56 Å². The highest BCUT2D eigenvalue weighted by molar-refractivity contribution is 5.92. The molecule has 1 N–H and O–H groups in total. The molecule has 132 valence electrons. The fourth-order valence-electron chi connectivity index (χ4n) is 3.14. The molecule has 0 atom stereocenters. The molecule has 0 aliphatic carbocycles. The number of carbonyl (C=O) groups is 2. The second-order valence-electron chi connectivity index (χ2n) is 6.14. The number of rotatable bonds is 4. The van der Waals surface area contributed by atoms with Crippen LogP contribution >= 0.6 is 0 Å². The van der Waals surface area contributed by atoms with E-state index in [1.54, 1.807) is 4.90 Å². The number of aromatic nitrogens is 2. The van der Waals surface area contributed by atoms with E-state index < -0.39 is 0 Å². The summed E-state index contributed by atoms with van der Waals surface area (Å²) in [6.45, 7) is 1.29. The quantitative estimate of drug-likeness (QED) is 0.847. The topological polar surface area (TPSA) is 84.4 Å². The van der Waals surface area contributed by atoms with Crippen molar-refractivity contribution in [1.29, 1.82) is 0 Å². The predicted octanol–water partition coefficient (Wildman–Crippen LogP) is 1.25. The van der Waals surface area contributed by atoms with E-state index in [9.17, 15) is 14.4 Å². The molecule has 1 amide bonds. The molecule has 0 bridgehead atoms. The summed E-state index contributed by atoms with van der Waals surface area (Å²) in [7, 11) is 1.38. The Morgan fingerprint density at radius 3 is 2.52 bits per heavy atom. The minimum atomic E-state index is -0.309. The smallest absolute Gasteiger partial charge is 0.326 e. The standard InChI is InChI=1S/C18H21N3O4/c1-25-17(23)14-7-9-20(10-8-14)16(22)15-11-19-18(24)21(15)12-13-5-3-2-4-6-13/h2-6,11,14H,7-10,12H2,1H3,(H,19,24). The third-order valence-electron chi connectivity index (χ3n) is 4.59. The van der Waals surface area contributed by atoms with E-state index >= 15 is 0 Å². The summed E-state index contributed by atoms with van der Waals surface area (Å²) in [6.07, 6.45) is 2.61. The largest absolute Gasteiger partial charge is 0.469 e. The van der Waals surface area contributed by atoms with E-state index in [1.165, 1.54) is 17.9 Å². The first-order chi connectivity index (χ1) is 12.1. The van der Waals surface area contributed by atoms with Gasteiger partial charge in [0, 0.05) is 19.3 Å². The van der Waals surface area contributed by atoms with Crippen LogP contribution in [-0.2, 0) is 16.1 Å². The van der Waals surface area contributed by atoms with Gasteiger partial charge in [-0.15, -0.1) is 0 Å². The molecule has 1 saturated heterocycles. The predicted molar refractivity (Wildman–Crippen MR) is 91.2 cm³/mol. The Bertz CT molecular complexity index is 801. The summed E-state index contributed by atoms with van der Waals surface area (Å²) in [5, 5.41) is 0. The number of aromatic amines is 1. The number of likely N-dealkylation sites (tertiary alicyclic amines) is 1. The molecule has 3 rings (SSSR count). The van der Waals surface area contributed by atoms with Gasteiger partial charge in [0.1, 0.15) is 5.69 Å². The lowest BCUT2D eigenvalue weighted by molar-refractivity contribution is -0.146. The lowest BCUT2D eigenvalue weighted by Gasteiger charge is -2.30. The minimum Gasteiger partial charge on any atom is -0.469 e.